The Kier molecular flexibility index (Phi) is 5.49. The summed E-state index contributed by atoms with van der Waals surface area (Å²) in [6.45, 7) is 3.98. The van der Waals surface area contributed by atoms with E-state index in [1.54, 1.807) is 0 Å². The Balaban J connectivity index is 1.33. The summed E-state index contributed by atoms with van der Waals surface area (Å²) in [5, 5.41) is 3.02. The molecule has 0 bridgehead atoms. The average Bonchev–Trinajstić information content (AvgIpc) is 3.53. The molecule has 1 aliphatic heterocycles. The van der Waals surface area contributed by atoms with Gasteiger partial charge in [0.15, 0.2) is 5.65 Å². The summed E-state index contributed by atoms with van der Waals surface area (Å²) in [5.74, 6) is 2.46. The average molecular weight is 420 g/mol. The molecule has 3 heterocycles. The summed E-state index contributed by atoms with van der Waals surface area (Å²) in [6, 6.07) is 11.6. The zero-order valence-corrected chi connectivity index (χ0v) is 18.0. The molecule has 2 aliphatic rings. The van der Waals surface area contributed by atoms with Crippen LogP contribution in [0.3, 0.4) is 0 Å². The highest BCUT2D eigenvalue weighted by Crippen LogP contribution is 2.38. The molecule has 1 saturated heterocycles. The molecule has 1 aromatic carbocycles. The third-order valence-electron chi connectivity index (χ3n) is 6.43. The van der Waals surface area contributed by atoms with Gasteiger partial charge in [0.2, 0.25) is 0 Å². The molecule has 1 saturated carbocycles. The second kappa shape index (κ2) is 8.57. The summed E-state index contributed by atoms with van der Waals surface area (Å²) < 4.78 is 7.80. The van der Waals surface area contributed by atoms with Gasteiger partial charge in [0.25, 0.3) is 0 Å². The van der Waals surface area contributed by atoms with Gasteiger partial charge >= 0.3 is 6.03 Å². The van der Waals surface area contributed by atoms with Gasteiger partial charge in [-0.25, -0.2) is 14.8 Å². The van der Waals surface area contributed by atoms with E-state index in [0.717, 1.165) is 41.4 Å². The van der Waals surface area contributed by atoms with Gasteiger partial charge in [-0.2, -0.15) is 0 Å². The highest BCUT2D eigenvalue weighted by atomic mass is 16.5. The normalized spacial score (nSPS) is 19.3. The number of nitrogens with one attached hydrogen (secondary N) is 1. The summed E-state index contributed by atoms with van der Waals surface area (Å²) in [4.78, 5) is 24.4. The number of carbonyl (C=O) groups excluding carboxylic acids is 1. The van der Waals surface area contributed by atoms with Gasteiger partial charge in [0.1, 0.15) is 17.1 Å². The van der Waals surface area contributed by atoms with Crippen molar-refractivity contribution in [3.05, 3.63) is 48.4 Å². The molecular weight excluding hydrogens is 390 g/mol. The van der Waals surface area contributed by atoms with Crippen molar-refractivity contribution in [1.82, 2.24) is 19.4 Å². The molecule has 1 unspecified atom stereocenters. The van der Waals surface area contributed by atoms with Crippen LogP contribution in [0.15, 0.2) is 42.6 Å². The van der Waals surface area contributed by atoms with Crippen molar-refractivity contribution in [3.63, 3.8) is 0 Å². The molecule has 1 N–H and O–H groups in total. The van der Waals surface area contributed by atoms with E-state index >= 15 is 0 Å². The van der Waals surface area contributed by atoms with Gasteiger partial charge < -0.3 is 19.5 Å². The fraction of sp³-hybridized carbons (Fsp3) is 0.458. The lowest BCUT2D eigenvalue weighted by molar-refractivity contribution is 0.221. The first-order chi connectivity index (χ1) is 15.2. The van der Waals surface area contributed by atoms with Crippen molar-refractivity contribution >= 4 is 22.9 Å². The van der Waals surface area contributed by atoms with Crippen molar-refractivity contribution < 1.29 is 9.53 Å². The van der Waals surface area contributed by atoms with Crippen LogP contribution in [0, 0.1) is 0 Å². The highest BCUT2D eigenvalue weighted by Gasteiger charge is 2.33. The number of fused-ring (bicyclic) bond motifs is 1. The standard InChI is InChI=1S/C24H29N5O2/c1-2-31-20-11-9-18(10-12-20)26-24(30)28-15-13-19(16-28)29-22(17-6-3-4-7-17)27-21-8-5-14-25-23(21)29/h5,8-12,14,17,19H,2-4,6-7,13,15-16H2,1H3,(H,26,30). The lowest BCUT2D eigenvalue weighted by Gasteiger charge is -2.21. The van der Waals surface area contributed by atoms with E-state index in [1.165, 1.54) is 25.7 Å². The summed E-state index contributed by atoms with van der Waals surface area (Å²) >= 11 is 0. The first-order valence-electron chi connectivity index (χ1n) is 11.3. The quantitative estimate of drug-likeness (QED) is 0.634. The number of hydrogen-bond donors (Lipinski definition) is 1. The number of imidazole rings is 1. The van der Waals surface area contributed by atoms with Crippen LogP contribution < -0.4 is 10.1 Å². The van der Waals surface area contributed by atoms with Crippen LogP contribution in [0.4, 0.5) is 10.5 Å². The largest absolute Gasteiger partial charge is 0.494 e. The maximum Gasteiger partial charge on any atom is 0.321 e. The molecule has 162 valence electrons. The highest BCUT2D eigenvalue weighted by molar-refractivity contribution is 5.89. The van der Waals surface area contributed by atoms with Gasteiger partial charge in [-0.05, 0) is 62.6 Å². The number of urea groups is 1. The molecule has 5 rings (SSSR count). The molecule has 0 radical (unpaired) electrons. The SMILES string of the molecule is CCOc1ccc(NC(=O)N2CCC(n3c(C4CCCC4)nc4cccnc43)C2)cc1. The Morgan fingerprint density at radius 1 is 1.16 bits per heavy atom. The number of amides is 2. The lowest BCUT2D eigenvalue weighted by Crippen LogP contribution is -2.33. The van der Waals surface area contributed by atoms with Crippen LogP contribution in [0.2, 0.25) is 0 Å². The minimum atomic E-state index is -0.0635. The Labute approximate surface area is 182 Å². The molecular formula is C24H29N5O2. The third kappa shape index (κ3) is 3.96. The Hall–Kier alpha value is -3.09. The lowest BCUT2D eigenvalue weighted by atomic mass is 10.1. The first kappa shape index (κ1) is 19.8. The molecule has 1 atom stereocenters. The number of carbonyl (C=O) groups is 1. The Morgan fingerprint density at radius 2 is 1.97 bits per heavy atom. The number of aromatic nitrogens is 3. The number of likely N-dealkylation sites (tertiary alicyclic amines) is 1. The molecule has 1 aliphatic carbocycles. The summed E-state index contributed by atoms with van der Waals surface area (Å²) in [5.41, 5.74) is 2.68. The van der Waals surface area contributed by atoms with E-state index in [9.17, 15) is 4.79 Å². The maximum absolute atomic E-state index is 12.9. The van der Waals surface area contributed by atoms with Crippen molar-refractivity contribution in [3.8, 4) is 5.75 Å². The van der Waals surface area contributed by atoms with Gasteiger partial charge in [-0.3, -0.25) is 0 Å². The van der Waals surface area contributed by atoms with Crippen molar-refractivity contribution in [2.24, 2.45) is 0 Å². The van der Waals surface area contributed by atoms with Crippen molar-refractivity contribution in [1.29, 1.82) is 0 Å². The smallest absolute Gasteiger partial charge is 0.321 e. The first-order valence-corrected chi connectivity index (χ1v) is 11.3. The number of hydrogen-bond acceptors (Lipinski definition) is 4. The molecule has 2 amide bonds. The summed E-state index contributed by atoms with van der Waals surface area (Å²) in [6.07, 6.45) is 7.67. The monoisotopic (exact) mass is 419 g/mol. The van der Waals surface area contributed by atoms with E-state index in [2.05, 4.69) is 14.9 Å². The van der Waals surface area contributed by atoms with Crippen LogP contribution >= 0.6 is 0 Å². The van der Waals surface area contributed by atoms with Crippen LogP contribution in [0.5, 0.6) is 5.75 Å². The van der Waals surface area contributed by atoms with Gasteiger partial charge in [0, 0.05) is 30.9 Å². The van der Waals surface area contributed by atoms with Crippen LogP contribution in [0.1, 0.15) is 56.8 Å². The van der Waals surface area contributed by atoms with Crippen LogP contribution in [0.25, 0.3) is 11.2 Å². The van der Waals surface area contributed by atoms with Crippen molar-refractivity contribution in [2.75, 3.05) is 25.0 Å². The molecule has 2 aromatic heterocycles. The molecule has 31 heavy (non-hydrogen) atoms. The topological polar surface area (TPSA) is 72.3 Å². The maximum atomic E-state index is 12.9. The fourth-order valence-electron chi connectivity index (χ4n) is 4.92. The van der Waals surface area contributed by atoms with E-state index in [1.807, 2.05) is 54.4 Å². The van der Waals surface area contributed by atoms with E-state index in [-0.39, 0.29) is 12.1 Å². The number of nitrogens with zero attached hydrogens (tertiary/aromatic N) is 4. The third-order valence-corrected chi connectivity index (χ3v) is 6.43. The minimum absolute atomic E-state index is 0.0635. The zero-order valence-electron chi connectivity index (χ0n) is 18.0. The number of benzene rings is 1. The number of anilines is 1. The fourth-order valence-corrected chi connectivity index (χ4v) is 4.92. The minimum Gasteiger partial charge on any atom is -0.494 e. The Morgan fingerprint density at radius 3 is 2.74 bits per heavy atom. The molecule has 7 nitrogen and oxygen atoms in total. The van der Waals surface area contributed by atoms with Crippen molar-refractivity contribution in [2.45, 2.75) is 51.0 Å². The second-order valence-corrected chi connectivity index (χ2v) is 8.44. The predicted octanol–water partition coefficient (Wildman–Crippen LogP) is 4.97. The Bertz CT molecular complexity index is 1060. The van der Waals surface area contributed by atoms with Gasteiger partial charge in [-0.15, -0.1) is 0 Å². The number of rotatable bonds is 5. The van der Waals surface area contributed by atoms with E-state index < -0.39 is 0 Å². The number of pyridine rings is 1. The molecule has 7 heteroatoms. The van der Waals surface area contributed by atoms with Crippen LogP contribution in [-0.2, 0) is 0 Å². The molecule has 0 spiro atoms. The summed E-state index contributed by atoms with van der Waals surface area (Å²) in [7, 11) is 0. The molecule has 2 fully saturated rings. The number of ether oxygens (including phenoxy) is 1. The predicted molar refractivity (Wildman–Crippen MR) is 121 cm³/mol. The van der Waals surface area contributed by atoms with Crippen LogP contribution in [-0.4, -0.2) is 45.2 Å². The van der Waals surface area contributed by atoms with E-state index in [0.29, 0.717) is 19.1 Å². The molecule has 3 aromatic rings. The second-order valence-electron chi connectivity index (χ2n) is 8.44. The van der Waals surface area contributed by atoms with Gasteiger partial charge in [0.05, 0.1) is 12.6 Å². The van der Waals surface area contributed by atoms with Gasteiger partial charge in [-0.1, -0.05) is 12.8 Å². The zero-order chi connectivity index (χ0) is 21.2. The van der Waals surface area contributed by atoms with E-state index in [4.69, 9.17) is 9.72 Å².